The van der Waals surface area contributed by atoms with Crippen molar-refractivity contribution in [1.82, 2.24) is 0 Å². The molecule has 2 aromatic carbocycles. The van der Waals surface area contributed by atoms with Crippen molar-refractivity contribution in [3.8, 4) is 33.9 Å². The van der Waals surface area contributed by atoms with Gasteiger partial charge in [0.2, 0.25) is 0 Å². The molecule has 4 rings (SSSR count). The number of para-hydroxylation sites is 1. The molecule has 28 heavy (non-hydrogen) atoms. The van der Waals surface area contributed by atoms with Gasteiger partial charge in [0.15, 0.2) is 5.43 Å². The van der Waals surface area contributed by atoms with Crippen molar-refractivity contribution < 1.29 is 18.7 Å². The number of ether oxygens (including phenoxy) is 2. The summed E-state index contributed by atoms with van der Waals surface area (Å²) in [6.07, 6.45) is 0.0207. The lowest BCUT2D eigenvalue weighted by molar-refractivity contribution is -0.120. The maximum absolute atomic E-state index is 11.9. The molecule has 0 aromatic heterocycles. The van der Waals surface area contributed by atoms with Crippen LogP contribution >= 0.6 is 0 Å². The highest BCUT2D eigenvalue weighted by Gasteiger charge is 2.20. The topological polar surface area (TPSA) is 65.7 Å². The molecule has 0 N–H and O–H groups in total. The summed E-state index contributed by atoms with van der Waals surface area (Å²) >= 11 is 0. The molecule has 1 heterocycles. The summed E-state index contributed by atoms with van der Waals surface area (Å²) in [5, 5.41) is 0.823. The van der Waals surface area contributed by atoms with Gasteiger partial charge in [-0.2, -0.15) is 0 Å². The van der Waals surface area contributed by atoms with E-state index in [2.05, 4.69) is 0 Å². The van der Waals surface area contributed by atoms with Gasteiger partial charge in [-0.3, -0.25) is 9.59 Å². The lowest BCUT2D eigenvalue weighted by Crippen LogP contribution is -2.05. The zero-order chi connectivity index (χ0) is 19.7. The molecule has 0 bridgehead atoms. The van der Waals surface area contributed by atoms with Crippen LogP contribution in [0.15, 0.2) is 69.9 Å². The number of rotatable bonds is 5. The van der Waals surface area contributed by atoms with Crippen LogP contribution in [-0.2, 0) is 4.79 Å². The van der Waals surface area contributed by atoms with Crippen LogP contribution in [0.4, 0.5) is 0 Å². The number of fused-ring (bicyclic) bond motifs is 2. The average Bonchev–Trinajstić information content (AvgIpc) is 2.66. The van der Waals surface area contributed by atoms with Gasteiger partial charge in [-0.05, 0) is 44.2 Å². The summed E-state index contributed by atoms with van der Waals surface area (Å²) in [6.45, 7) is 4.30. The van der Waals surface area contributed by atoms with E-state index in [4.69, 9.17) is 13.9 Å². The standard InChI is InChI=1S/C23H18O5/c1-14(2)27-16-8-10-19-22(12-16)28-21-11-15(25)7-9-18(21)23(19)17-5-3-4-6-20(17)26-13-24/h3-14H,1-2H3. The average molecular weight is 374 g/mol. The van der Waals surface area contributed by atoms with Crippen LogP contribution < -0.4 is 14.9 Å². The second kappa shape index (κ2) is 7.19. The quantitative estimate of drug-likeness (QED) is 0.368. The smallest absolute Gasteiger partial charge is 0.298 e. The molecule has 0 amide bonds. The van der Waals surface area contributed by atoms with Gasteiger partial charge in [0, 0.05) is 34.2 Å². The molecular weight excluding hydrogens is 356 g/mol. The van der Waals surface area contributed by atoms with Crippen molar-refractivity contribution in [3.63, 3.8) is 0 Å². The molecule has 0 saturated heterocycles. The largest absolute Gasteiger partial charge is 0.491 e. The van der Waals surface area contributed by atoms with E-state index < -0.39 is 0 Å². The Kier molecular flexibility index (Phi) is 4.57. The molecule has 2 aromatic rings. The van der Waals surface area contributed by atoms with E-state index in [0.717, 1.165) is 22.1 Å². The molecule has 5 nitrogen and oxygen atoms in total. The summed E-state index contributed by atoms with van der Waals surface area (Å²) in [5.41, 5.74) is 2.74. The fraction of sp³-hybridized carbons (Fsp3) is 0.130. The molecule has 140 valence electrons. The van der Waals surface area contributed by atoms with Crippen LogP contribution in [0.2, 0.25) is 0 Å². The Morgan fingerprint density at radius 2 is 1.79 bits per heavy atom. The Bertz CT molecular complexity index is 1190. The molecule has 0 fully saturated rings. The van der Waals surface area contributed by atoms with Gasteiger partial charge >= 0.3 is 0 Å². The number of hydrogen-bond donors (Lipinski definition) is 0. The van der Waals surface area contributed by atoms with Crippen molar-refractivity contribution in [2.45, 2.75) is 20.0 Å². The molecule has 0 atom stereocenters. The monoisotopic (exact) mass is 374 g/mol. The summed E-state index contributed by atoms with van der Waals surface area (Å²) < 4.78 is 17.0. The first-order chi connectivity index (χ1) is 13.6. The van der Waals surface area contributed by atoms with Crippen LogP contribution in [0.25, 0.3) is 33.4 Å². The van der Waals surface area contributed by atoms with E-state index in [0.29, 0.717) is 29.3 Å². The molecule has 0 saturated carbocycles. The third-order valence-electron chi connectivity index (χ3n) is 4.37. The summed E-state index contributed by atoms with van der Waals surface area (Å²) in [5.74, 6) is 1.56. The fourth-order valence-corrected chi connectivity index (χ4v) is 3.31. The third-order valence-corrected chi connectivity index (χ3v) is 4.37. The van der Waals surface area contributed by atoms with E-state index >= 15 is 0 Å². The molecule has 5 heteroatoms. The Hall–Kier alpha value is -3.60. The van der Waals surface area contributed by atoms with Crippen molar-refractivity contribution in [3.05, 3.63) is 70.9 Å². The van der Waals surface area contributed by atoms with Crippen LogP contribution in [0.5, 0.6) is 11.5 Å². The van der Waals surface area contributed by atoms with E-state index in [9.17, 15) is 9.59 Å². The Morgan fingerprint density at radius 1 is 0.964 bits per heavy atom. The normalized spacial score (nSPS) is 11.1. The van der Waals surface area contributed by atoms with Crippen LogP contribution in [0.1, 0.15) is 13.8 Å². The van der Waals surface area contributed by atoms with E-state index in [1.165, 1.54) is 12.1 Å². The van der Waals surface area contributed by atoms with E-state index in [1.807, 2.05) is 38.1 Å². The number of benzene rings is 3. The first-order valence-corrected chi connectivity index (χ1v) is 8.94. The minimum absolute atomic E-state index is 0.0207. The molecule has 0 radical (unpaired) electrons. The third kappa shape index (κ3) is 3.22. The summed E-state index contributed by atoms with van der Waals surface area (Å²) in [7, 11) is 0. The van der Waals surface area contributed by atoms with Gasteiger partial charge in [-0.15, -0.1) is 0 Å². The molecular formula is C23H18O5. The van der Waals surface area contributed by atoms with E-state index in [-0.39, 0.29) is 11.5 Å². The van der Waals surface area contributed by atoms with Gasteiger partial charge in [0.1, 0.15) is 22.8 Å². The fourth-order valence-electron chi connectivity index (χ4n) is 3.31. The zero-order valence-corrected chi connectivity index (χ0v) is 15.5. The predicted octanol–water partition coefficient (Wildman–Crippen LogP) is 4.89. The van der Waals surface area contributed by atoms with Gasteiger partial charge in [0.25, 0.3) is 6.47 Å². The second-order valence-corrected chi connectivity index (χ2v) is 6.67. The van der Waals surface area contributed by atoms with Crippen molar-refractivity contribution in [2.24, 2.45) is 0 Å². The van der Waals surface area contributed by atoms with Gasteiger partial charge in [-0.25, -0.2) is 0 Å². The van der Waals surface area contributed by atoms with Crippen LogP contribution in [0.3, 0.4) is 0 Å². The number of hydrogen-bond acceptors (Lipinski definition) is 5. The molecule has 0 unspecified atom stereocenters. The Labute approximate surface area is 161 Å². The molecule has 0 spiro atoms. The van der Waals surface area contributed by atoms with Gasteiger partial charge in [-0.1, -0.05) is 18.2 Å². The maximum atomic E-state index is 11.9. The SMILES string of the molecule is CC(C)Oc1ccc2c(-c3ccccc3OC=O)c3ccc(=O)cc-3oc2c1. The summed E-state index contributed by atoms with van der Waals surface area (Å²) in [4.78, 5) is 22.9. The lowest BCUT2D eigenvalue weighted by atomic mass is 9.93. The van der Waals surface area contributed by atoms with E-state index in [1.54, 1.807) is 24.3 Å². The molecule has 1 aliphatic heterocycles. The van der Waals surface area contributed by atoms with Crippen LogP contribution in [-0.4, -0.2) is 12.6 Å². The van der Waals surface area contributed by atoms with Gasteiger partial charge < -0.3 is 13.9 Å². The first kappa shape index (κ1) is 17.8. The highest BCUT2D eigenvalue weighted by atomic mass is 16.5. The zero-order valence-electron chi connectivity index (χ0n) is 15.5. The number of carbonyl (C=O) groups is 1. The highest BCUT2D eigenvalue weighted by Crippen LogP contribution is 2.43. The second-order valence-electron chi connectivity index (χ2n) is 6.67. The molecule has 1 aliphatic carbocycles. The van der Waals surface area contributed by atoms with Crippen molar-refractivity contribution >= 4 is 17.4 Å². The predicted molar refractivity (Wildman–Crippen MR) is 107 cm³/mol. The number of carbonyl (C=O) groups excluding carboxylic acids is 1. The van der Waals surface area contributed by atoms with Crippen molar-refractivity contribution in [2.75, 3.05) is 0 Å². The summed E-state index contributed by atoms with van der Waals surface area (Å²) in [6, 6.07) is 17.5. The van der Waals surface area contributed by atoms with Gasteiger partial charge in [0.05, 0.1) is 6.10 Å². The van der Waals surface area contributed by atoms with Crippen molar-refractivity contribution in [1.29, 1.82) is 0 Å². The highest BCUT2D eigenvalue weighted by molar-refractivity contribution is 6.03. The molecule has 2 aliphatic rings. The Morgan fingerprint density at radius 3 is 2.57 bits per heavy atom. The minimum atomic E-state index is -0.145. The Balaban J connectivity index is 2.08. The lowest BCUT2D eigenvalue weighted by Gasteiger charge is -2.17. The first-order valence-electron chi connectivity index (χ1n) is 8.94. The maximum Gasteiger partial charge on any atom is 0.298 e. The van der Waals surface area contributed by atoms with Crippen LogP contribution in [0, 0.1) is 0 Å². The minimum Gasteiger partial charge on any atom is -0.491 e.